The minimum Gasteiger partial charge on any atom is -0.467 e. The number of β-amino-alcohol motifs (C(OH)–C–C–N with tert-alkyl or cyclic N) is 1. The summed E-state index contributed by atoms with van der Waals surface area (Å²) in [5.41, 5.74) is 0. The van der Waals surface area contributed by atoms with Crippen molar-refractivity contribution < 1.29 is 14.3 Å². The Bertz CT molecular complexity index is 609. The summed E-state index contributed by atoms with van der Waals surface area (Å²) in [5.74, 6) is 3.17. The summed E-state index contributed by atoms with van der Waals surface area (Å²) in [6.07, 6.45) is 1.09. The second-order valence-electron chi connectivity index (χ2n) is 6.26. The van der Waals surface area contributed by atoms with Gasteiger partial charge in [0.2, 0.25) is 0 Å². The molecular formula is C16H24N4O3. The molecule has 1 N–H and O–H groups in total. The fourth-order valence-corrected chi connectivity index (χ4v) is 2.85. The van der Waals surface area contributed by atoms with Crippen molar-refractivity contribution in [3.8, 4) is 0 Å². The number of ether oxygens (including phenoxy) is 1. The zero-order valence-electron chi connectivity index (χ0n) is 13.7. The van der Waals surface area contributed by atoms with Gasteiger partial charge in [-0.3, -0.25) is 4.90 Å². The van der Waals surface area contributed by atoms with Crippen molar-refractivity contribution in [1.29, 1.82) is 0 Å². The molecule has 0 bridgehead atoms. The molecule has 2 aromatic rings. The van der Waals surface area contributed by atoms with E-state index in [9.17, 15) is 5.11 Å². The highest BCUT2D eigenvalue weighted by Gasteiger charge is 2.23. The van der Waals surface area contributed by atoms with Crippen molar-refractivity contribution in [2.24, 2.45) is 0 Å². The maximum absolute atomic E-state index is 10.1. The molecule has 0 radical (unpaired) electrons. The van der Waals surface area contributed by atoms with Crippen molar-refractivity contribution in [1.82, 2.24) is 19.7 Å². The highest BCUT2D eigenvalue weighted by Crippen LogP contribution is 2.18. The number of nitrogens with zero attached hydrogens (tertiary/aromatic N) is 4. The van der Waals surface area contributed by atoms with Gasteiger partial charge in [-0.25, -0.2) is 0 Å². The average Bonchev–Trinajstić information content (AvgIpc) is 3.15. The van der Waals surface area contributed by atoms with E-state index in [-0.39, 0.29) is 0 Å². The molecule has 1 atom stereocenters. The minimum absolute atomic E-state index is 0.293. The SMILES string of the molecule is CC(C)c1nnc2n1CCN(C[C@@H](O)COCc1ccco1)C2. The third-order valence-electron chi connectivity index (χ3n) is 3.98. The molecule has 7 heteroatoms. The minimum atomic E-state index is -0.524. The van der Waals surface area contributed by atoms with Crippen LogP contribution in [-0.4, -0.2) is 50.6 Å². The Balaban J connectivity index is 1.45. The zero-order chi connectivity index (χ0) is 16.2. The number of furan rings is 1. The molecule has 1 aliphatic heterocycles. The molecule has 3 rings (SSSR count). The fourth-order valence-electron chi connectivity index (χ4n) is 2.85. The molecule has 0 saturated heterocycles. The molecule has 0 fully saturated rings. The Kier molecular flexibility index (Phi) is 5.09. The molecule has 0 amide bonds. The molecule has 0 spiro atoms. The van der Waals surface area contributed by atoms with Crippen LogP contribution < -0.4 is 0 Å². The summed E-state index contributed by atoms with van der Waals surface area (Å²) in [6, 6.07) is 3.68. The monoisotopic (exact) mass is 320 g/mol. The molecule has 3 heterocycles. The van der Waals surface area contributed by atoms with Gasteiger partial charge in [0.05, 0.1) is 25.5 Å². The first-order chi connectivity index (χ1) is 11.1. The summed E-state index contributed by atoms with van der Waals surface area (Å²) < 4.78 is 12.9. The average molecular weight is 320 g/mol. The van der Waals surface area contributed by atoms with Crippen LogP contribution in [0.4, 0.5) is 0 Å². The van der Waals surface area contributed by atoms with Crippen molar-refractivity contribution in [3.63, 3.8) is 0 Å². The second kappa shape index (κ2) is 7.25. The van der Waals surface area contributed by atoms with Crippen LogP contribution in [0, 0.1) is 0 Å². The molecule has 0 aromatic carbocycles. The third-order valence-corrected chi connectivity index (χ3v) is 3.98. The number of aliphatic hydroxyl groups is 1. The number of aliphatic hydroxyl groups excluding tert-OH is 1. The number of rotatable bonds is 7. The highest BCUT2D eigenvalue weighted by atomic mass is 16.5. The van der Waals surface area contributed by atoms with Crippen molar-refractivity contribution in [3.05, 3.63) is 35.8 Å². The first kappa shape index (κ1) is 16.2. The summed E-state index contributed by atoms with van der Waals surface area (Å²) in [5, 5.41) is 18.7. The lowest BCUT2D eigenvalue weighted by molar-refractivity contribution is 0.000898. The van der Waals surface area contributed by atoms with Gasteiger partial charge in [0.1, 0.15) is 24.0 Å². The summed E-state index contributed by atoms with van der Waals surface area (Å²) in [6.45, 7) is 7.98. The van der Waals surface area contributed by atoms with E-state index in [1.165, 1.54) is 0 Å². The molecule has 2 aromatic heterocycles. The predicted molar refractivity (Wildman–Crippen MR) is 83.8 cm³/mol. The Morgan fingerprint density at radius 3 is 2.96 bits per heavy atom. The maximum atomic E-state index is 10.1. The van der Waals surface area contributed by atoms with Gasteiger partial charge >= 0.3 is 0 Å². The maximum Gasteiger partial charge on any atom is 0.147 e. The zero-order valence-corrected chi connectivity index (χ0v) is 13.7. The van der Waals surface area contributed by atoms with E-state index in [2.05, 4.69) is 33.5 Å². The molecule has 23 heavy (non-hydrogen) atoms. The Morgan fingerprint density at radius 2 is 2.22 bits per heavy atom. The quantitative estimate of drug-likeness (QED) is 0.831. The normalized spacial score (nSPS) is 16.7. The lowest BCUT2D eigenvalue weighted by atomic mass is 10.2. The smallest absolute Gasteiger partial charge is 0.147 e. The molecule has 1 aliphatic rings. The van der Waals surface area contributed by atoms with E-state index in [1.54, 1.807) is 6.26 Å². The standard InChI is InChI=1S/C16H24N4O3/c1-12(2)16-18-17-15-9-19(5-6-20(15)16)8-13(21)10-22-11-14-4-3-7-23-14/h3-4,7,12-13,21H,5-6,8-11H2,1-2H3/t13-/m1/s1. The number of hydrogen-bond donors (Lipinski definition) is 1. The van der Waals surface area contributed by atoms with Crippen LogP contribution in [0.5, 0.6) is 0 Å². The Morgan fingerprint density at radius 1 is 1.35 bits per heavy atom. The van der Waals surface area contributed by atoms with Crippen LogP contribution in [0.3, 0.4) is 0 Å². The van der Waals surface area contributed by atoms with Crippen LogP contribution in [0.15, 0.2) is 22.8 Å². The van der Waals surface area contributed by atoms with Gasteiger partial charge in [0.15, 0.2) is 0 Å². The van der Waals surface area contributed by atoms with Crippen LogP contribution >= 0.6 is 0 Å². The van der Waals surface area contributed by atoms with Crippen LogP contribution in [0.1, 0.15) is 37.2 Å². The van der Waals surface area contributed by atoms with E-state index < -0.39 is 6.10 Å². The van der Waals surface area contributed by atoms with Crippen LogP contribution in [-0.2, 0) is 24.4 Å². The van der Waals surface area contributed by atoms with Gasteiger partial charge in [-0.05, 0) is 12.1 Å². The lowest BCUT2D eigenvalue weighted by Crippen LogP contribution is -2.40. The Labute approximate surface area is 135 Å². The predicted octanol–water partition coefficient (Wildman–Crippen LogP) is 1.39. The van der Waals surface area contributed by atoms with Crippen LogP contribution in [0.2, 0.25) is 0 Å². The van der Waals surface area contributed by atoms with Gasteiger partial charge in [0, 0.05) is 25.6 Å². The van der Waals surface area contributed by atoms with Crippen molar-refractivity contribution >= 4 is 0 Å². The molecule has 0 aliphatic carbocycles. The van der Waals surface area contributed by atoms with E-state index in [0.717, 1.165) is 37.0 Å². The van der Waals surface area contributed by atoms with Gasteiger partial charge in [-0.15, -0.1) is 10.2 Å². The van der Waals surface area contributed by atoms with Gasteiger partial charge in [-0.1, -0.05) is 13.8 Å². The molecular weight excluding hydrogens is 296 g/mol. The Hall–Kier alpha value is -1.70. The summed E-state index contributed by atoms with van der Waals surface area (Å²) in [4.78, 5) is 2.19. The van der Waals surface area contributed by atoms with E-state index in [4.69, 9.17) is 9.15 Å². The third kappa shape index (κ3) is 3.99. The van der Waals surface area contributed by atoms with E-state index in [0.29, 0.717) is 25.7 Å². The lowest BCUT2D eigenvalue weighted by Gasteiger charge is -2.29. The highest BCUT2D eigenvalue weighted by molar-refractivity contribution is 5.02. The number of aromatic nitrogens is 3. The van der Waals surface area contributed by atoms with Crippen molar-refractivity contribution in [2.45, 2.75) is 45.6 Å². The largest absolute Gasteiger partial charge is 0.467 e. The van der Waals surface area contributed by atoms with Gasteiger partial charge in [-0.2, -0.15) is 0 Å². The van der Waals surface area contributed by atoms with Gasteiger partial charge in [0.25, 0.3) is 0 Å². The molecule has 0 unspecified atom stereocenters. The summed E-state index contributed by atoms with van der Waals surface area (Å²) >= 11 is 0. The van der Waals surface area contributed by atoms with Gasteiger partial charge < -0.3 is 18.8 Å². The van der Waals surface area contributed by atoms with E-state index >= 15 is 0 Å². The number of hydrogen-bond acceptors (Lipinski definition) is 6. The molecule has 126 valence electrons. The molecule has 0 saturated carbocycles. The first-order valence-electron chi connectivity index (χ1n) is 8.06. The van der Waals surface area contributed by atoms with Crippen LogP contribution in [0.25, 0.3) is 0 Å². The topological polar surface area (TPSA) is 76.6 Å². The first-order valence-corrected chi connectivity index (χ1v) is 8.06. The second-order valence-corrected chi connectivity index (χ2v) is 6.26. The molecule has 7 nitrogen and oxygen atoms in total. The van der Waals surface area contributed by atoms with Crippen molar-refractivity contribution in [2.75, 3.05) is 19.7 Å². The fraction of sp³-hybridized carbons (Fsp3) is 0.625. The van der Waals surface area contributed by atoms with E-state index in [1.807, 2.05) is 12.1 Å². The number of fused-ring (bicyclic) bond motifs is 1. The summed E-state index contributed by atoms with van der Waals surface area (Å²) in [7, 11) is 0.